The second-order valence-electron chi connectivity index (χ2n) is 3.34. The Bertz CT molecular complexity index is 512. The normalized spacial score (nSPS) is 10.7. The number of aromatic carboxylic acids is 1. The topological polar surface area (TPSA) is 37.3 Å². The van der Waals surface area contributed by atoms with Gasteiger partial charge in [0.15, 0.2) is 0 Å². The van der Waals surface area contributed by atoms with Crippen molar-refractivity contribution < 1.29 is 23.1 Å². The van der Waals surface area contributed by atoms with Crippen molar-refractivity contribution in [3.8, 4) is 11.8 Å². The first-order valence-electron chi connectivity index (χ1n) is 4.90. The van der Waals surface area contributed by atoms with E-state index in [1.807, 2.05) is 0 Å². The molecule has 18 heavy (non-hydrogen) atoms. The minimum atomic E-state index is -4.63. The molecule has 0 aliphatic rings. The predicted molar refractivity (Wildman–Crippen MR) is 63.8 cm³/mol. The van der Waals surface area contributed by atoms with E-state index in [1.54, 1.807) is 0 Å². The van der Waals surface area contributed by atoms with Crippen LogP contribution < -0.4 is 0 Å². The first-order valence-corrected chi connectivity index (χ1v) is 5.53. The molecular weight excluding hydrogens is 265 g/mol. The molecule has 0 atom stereocenters. The summed E-state index contributed by atoms with van der Waals surface area (Å²) in [7, 11) is 0. The molecule has 0 bridgehead atoms. The number of carbonyl (C=O) groups is 1. The van der Waals surface area contributed by atoms with Crippen molar-refractivity contribution in [2.24, 2.45) is 0 Å². The Morgan fingerprint density at radius 1 is 1.39 bits per heavy atom. The number of carboxylic acids is 1. The molecule has 0 radical (unpaired) electrons. The Balaban J connectivity index is 3.27. The first-order chi connectivity index (χ1) is 8.36. The van der Waals surface area contributed by atoms with E-state index in [0.29, 0.717) is 18.2 Å². The van der Waals surface area contributed by atoms with Crippen LogP contribution in [0.4, 0.5) is 13.2 Å². The Morgan fingerprint density at radius 2 is 2.06 bits per heavy atom. The zero-order valence-electron chi connectivity index (χ0n) is 9.08. The van der Waals surface area contributed by atoms with Crippen molar-refractivity contribution >= 4 is 18.6 Å². The SMILES string of the molecule is O=C(O)c1ccc(C#CCCS)c(C(F)(F)F)c1. The van der Waals surface area contributed by atoms with Crippen molar-refractivity contribution in [1.29, 1.82) is 0 Å². The Hall–Kier alpha value is -1.61. The Morgan fingerprint density at radius 3 is 2.56 bits per heavy atom. The average molecular weight is 274 g/mol. The summed E-state index contributed by atoms with van der Waals surface area (Å²) in [6, 6.07) is 2.76. The Labute approximate surface area is 107 Å². The first kappa shape index (κ1) is 14.5. The summed E-state index contributed by atoms with van der Waals surface area (Å²) in [6.07, 6.45) is -4.27. The van der Waals surface area contributed by atoms with Gasteiger partial charge in [0.05, 0.1) is 11.1 Å². The van der Waals surface area contributed by atoms with E-state index in [1.165, 1.54) is 0 Å². The van der Waals surface area contributed by atoms with Crippen LogP contribution in [0.3, 0.4) is 0 Å². The lowest BCUT2D eigenvalue weighted by Crippen LogP contribution is -2.10. The number of hydrogen-bond acceptors (Lipinski definition) is 2. The fourth-order valence-electron chi connectivity index (χ4n) is 1.23. The average Bonchev–Trinajstić information content (AvgIpc) is 2.28. The van der Waals surface area contributed by atoms with Gasteiger partial charge in [-0.1, -0.05) is 11.8 Å². The van der Waals surface area contributed by atoms with Crippen LogP contribution in [0, 0.1) is 11.8 Å². The zero-order chi connectivity index (χ0) is 13.8. The maximum atomic E-state index is 12.7. The zero-order valence-corrected chi connectivity index (χ0v) is 9.98. The highest BCUT2D eigenvalue weighted by molar-refractivity contribution is 7.80. The van der Waals surface area contributed by atoms with E-state index in [4.69, 9.17) is 5.11 Å². The quantitative estimate of drug-likeness (QED) is 0.642. The van der Waals surface area contributed by atoms with E-state index in [-0.39, 0.29) is 5.56 Å². The van der Waals surface area contributed by atoms with Gasteiger partial charge in [-0.2, -0.15) is 25.8 Å². The summed E-state index contributed by atoms with van der Waals surface area (Å²) < 4.78 is 38.2. The van der Waals surface area contributed by atoms with E-state index in [2.05, 4.69) is 24.5 Å². The molecule has 1 N–H and O–H groups in total. The molecule has 1 rings (SSSR count). The highest BCUT2D eigenvalue weighted by Crippen LogP contribution is 2.32. The summed E-state index contributed by atoms with van der Waals surface area (Å²) >= 11 is 3.89. The van der Waals surface area contributed by atoms with Crippen molar-refractivity contribution in [1.82, 2.24) is 0 Å². The molecular formula is C12H9F3O2S. The molecule has 0 aliphatic heterocycles. The number of hydrogen-bond donors (Lipinski definition) is 2. The van der Waals surface area contributed by atoms with Gasteiger partial charge in [0.2, 0.25) is 0 Å². The van der Waals surface area contributed by atoms with Gasteiger partial charge in [-0.3, -0.25) is 0 Å². The van der Waals surface area contributed by atoms with Crippen LogP contribution in [-0.2, 0) is 6.18 Å². The van der Waals surface area contributed by atoms with Crippen LogP contribution >= 0.6 is 12.6 Å². The van der Waals surface area contributed by atoms with Gasteiger partial charge in [0.1, 0.15) is 0 Å². The Kier molecular flexibility index (Phi) is 4.68. The molecule has 0 saturated carbocycles. The van der Waals surface area contributed by atoms with Crippen LogP contribution in [0.1, 0.15) is 27.9 Å². The molecule has 0 unspecified atom stereocenters. The predicted octanol–water partition coefficient (Wildman–Crippen LogP) is 3.08. The van der Waals surface area contributed by atoms with Gasteiger partial charge in [0.25, 0.3) is 0 Å². The summed E-state index contributed by atoms with van der Waals surface area (Å²) in [6.45, 7) is 0. The van der Waals surface area contributed by atoms with Gasteiger partial charge in [-0.15, -0.1) is 0 Å². The standard InChI is InChI=1S/C12H9F3O2S/c13-12(14,15)10-7-9(11(16)17)5-4-8(10)3-1-2-6-18/h4-5,7,18H,2,6H2,(H,16,17). The molecule has 0 spiro atoms. The molecule has 6 heteroatoms. The van der Waals surface area contributed by atoms with Gasteiger partial charge in [0, 0.05) is 17.7 Å². The fraction of sp³-hybridized carbons (Fsp3) is 0.250. The third-order valence-electron chi connectivity index (χ3n) is 2.03. The lowest BCUT2D eigenvalue weighted by molar-refractivity contribution is -0.137. The van der Waals surface area contributed by atoms with Crippen LogP contribution in [0.25, 0.3) is 0 Å². The maximum Gasteiger partial charge on any atom is 0.417 e. The minimum absolute atomic E-state index is 0.228. The van der Waals surface area contributed by atoms with Gasteiger partial charge in [-0.05, 0) is 18.2 Å². The summed E-state index contributed by atoms with van der Waals surface area (Å²) in [5.74, 6) is 3.95. The molecule has 1 aromatic carbocycles. The number of benzene rings is 1. The van der Waals surface area contributed by atoms with E-state index >= 15 is 0 Å². The summed E-state index contributed by atoms with van der Waals surface area (Å²) in [5.41, 5.74) is -1.68. The van der Waals surface area contributed by atoms with Crippen LogP contribution in [0.2, 0.25) is 0 Å². The molecule has 0 fully saturated rings. The summed E-state index contributed by atoms with van der Waals surface area (Å²) in [5, 5.41) is 8.67. The molecule has 0 amide bonds. The summed E-state index contributed by atoms with van der Waals surface area (Å²) in [4.78, 5) is 10.6. The van der Waals surface area contributed by atoms with Crippen LogP contribution in [0.15, 0.2) is 18.2 Å². The lowest BCUT2D eigenvalue weighted by Gasteiger charge is -2.09. The van der Waals surface area contributed by atoms with Gasteiger partial charge in [-0.25, -0.2) is 4.79 Å². The maximum absolute atomic E-state index is 12.7. The molecule has 2 nitrogen and oxygen atoms in total. The van der Waals surface area contributed by atoms with Gasteiger partial charge >= 0.3 is 12.1 Å². The third-order valence-corrected chi connectivity index (χ3v) is 2.26. The smallest absolute Gasteiger partial charge is 0.417 e. The van der Waals surface area contributed by atoms with Crippen LogP contribution in [0.5, 0.6) is 0 Å². The number of thiol groups is 1. The largest absolute Gasteiger partial charge is 0.478 e. The third kappa shape index (κ3) is 3.70. The lowest BCUT2D eigenvalue weighted by atomic mass is 10.0. The second kappa shape index (κ2) is 5.83. The highest BCUT2D eigenvalue weighted by Gasteiger charge is 2.33. The number of carboxylic acid groups (broad SMARTS) is 1. The van der Waals surface area contributed by atoms with Gasteiger partial charge < -0.3 is 5.11 Å². The number of rotatable bonds is 2. The van der Waals surface area contributed by atoms with E-state index < -0.39 is 23.3 Å². The number of alkyl halides is 3. The molecule has 0 aliphatic carbocycles. The molecule has 0 heterocycles. The van der Waals surface area contributed by atoms with Crippen LogP contribution in [-0.4, -0.2) is 16.8 Å². The monoisotopic (exact) mass is 274 g/mol. The highest BCUT2D eigenvalue weighted by atomic mass is 32.1. The fourth-order valence-corrected chi connectivity index (χ4v) is 1.35. The van der Waals surface area contributed by atoms with Crippen molar-refractivity contribution in [2.45, 2.75) is 12.6 Å². The molecule has 0 aromatic heterocycles. The van der Waals surface area contributed by atoms with E-state index in [9.17, 15) is 18.0 Å². The molecule has 1 aromatic rings. The second-order valence-corrected chi connectivity index (χ2v) is 3.79. The molecule has 96 valence electrons. The van der Waals surface area contributed by atoms with Crippen molar-refractivity contribution in [2.75, 3.05) is 5.75 Å². The van der Waals surface area contributed by atoms with Crippen molar-refractivity contribution in [3.63, 3.8) is 0 Å². The van der Waals surface area contributed by atoms with E-state index in [0.717, 1.165) is 12.1 Å². The number of halogens is 3. The van der Waals surface area contributed by atoms with Crippen molar-refractivity contribution in [3.05, 3.63) is 34.9 Å². The molecule has 0 saturated heterocycles. The minimum Gasteiger partial charge on any atom is -0.478 e.